The highest BCUT2D eigenvalue weighted by atomic mass is 79.9. The minimum atomic E-state index is -0.161. The molecule has 0 unspecified atom stereocenters. The lowest BCUT2D eigenvalue weighted by Crippen LogP contribution is -2.42. The smallest absolute Gasteiger partial charge is 0.169 e. The molecule has 1 aromatic heterocycles. The van der Waals surface area contributed by atoms with E-state index in [1.54, 1.807) is 0 Å². The van der Waals surface area contributed by atoms with Crippen LogP contribution in [0.15, 0.2) is 21.2 Å². The number of nitrogens with two attached hydrogens (primary N) is 1. The molecule has 2 rings (SSSR count). The van der Waals surface area contributed by atoms with Gasteiger partial charge in [-0.15, -0.1) is 0 Å². The summed E-state index contributed by atoms with van der Waals surface area (Å²) in [5, 5.41) is 0. The molecule has 0 saturated heterocycles. The minimum Gasteiger partial charge on any atom is -0.452 e. The average Bonchev–Trinajstić information content (AvgIpc) is 2.31. The van der Waals surface area contributed by atoms with Crippen molar-refractivity contribution in [2.45, 2.75) is 24.8 Å². The first-order valence-corrected chi connectivity index (χ1v) is 4.55. The van der Waals surface area contributed by atoms with E-state index in [0.29, 0.717) is 0 Å². The summed E-state index contributed by atoms with van der Waals surface area (Å²) in [5.74, 6) is 0.913. The minimum absolute atomic E-state index is 0.161. The zero-order chi connectivity index (χ0) is 7.90. The zero-order valence-corrected chi connectivity index (χ0v) is 7.73. The van der Waals surface area contributed by atoms with Crippen LogP contribution in [0.2, 0.25) is 0 Å². The van der Waals surface area contributed by atoms with Gasteiger partial charge in [0, 0.05) is 0 Å². The van der Waals surface area contributed by atoms with Gasteiger partial charge in [0.25, 0.3) is 0 Å². The Balaban J connectivity index is 2.28. The van der Waals surface area contributed by atoms with Crippen LogP contribution in [-0.4, -0.2) is 0 Å². The van der Waals surface area contributed by atoms with Crippen molar-refractivity contribution in [1.29, 1.82) is 0 Å². The predicted molar refractivity (Wildman–Crippen MR) is 46.1 cm³/mol. The number of rotatable bonds is 1. The zero-order valence-electron chi connectivity index (χ0n) is 6.14. The third-order valence-electron chi connectivity index (χ3n) is 2.31. The van der Waals surface area contributed by atoms with Crippen LogP contribution in [0.4, 0.5) is 0 Å². The molecule has 0 aliphatic heterocycles. The standard InChI is InChI=1S/C8H10BrNO/c9-7-3-2-6(11-7)8(10)4-1-5-8/h2-3H,1,4-5,10H2. The molecule has 0 bridgehead atoms. The first-order chi connectivity index (χ1) is 5.21. The summed E-state index contributed by atoms with van der Waals surface area (Å²) in [6, 6.07) is 3.84. The van der Waals surface area contributed by atoms with Gasteiger partial charge in [-0.05, 0) is 47.3 Å². The highest BCUT2D eigenvalue weighted by molar-refractivity contribution is 9.10. The monoisotopic (exact) mass is 215 g/mol. The normalized spacial score (nSPS) is 21.3. The van der Waals surface area contributed by atoms with Crippen molar-refractivity contribution in [3.63, 3.8) is 0 Å². The molecule has 1 aromatic rings. The maximum Gasteiger partial charge on any atom is 0.169 e. The summed E-state index contributed by atoms with van der Waals surface area (Å²) in [7, 11) is 0. The van der Waals surface area contributed by atoms with Crippen molar-refractivity contribution in [2.75, 3.05) is 0 Å². The van der Waals surface area contributed by atoms with E-state index in [2.05, 4.69) is 15.9 Å². The molecule has 11 heavy (non-hydrogen) atoms. The lowest BCUT2D eigenvalue weighted by atomic mass is 9.76. The summed E-state index contributed by atoms with van der Waals surface area (Å²) in [4.78, 5) is 0. The van der Waals surface area contributed by atoms with Gasteiger partial charge in [-0.25, -0.2) is 0 Å². The first kappa shape index (κ1) is 7.37. The lowest BCUT2D eigenvalue weighted by molar-refractivity contribution is 0.205. The highest BCUT2D eigenvalue weighted by Gasteiger charge is 2.37. The van der Waals surface area contributed by atoms with E-state index in [1.165, 1.54) is 6.42 Å². The number of halogens is 1. The van der Waals surface area contributed by atoms with Crippen LogP contribution in [0.3, 0.4) is 0 Å². The molecule has 0 amide bonds. The Kier molecular flexibility index (Phi) is 1.58. The van der Waals surface area contributed by atoms with E-state index < -0.39 is 0 Å². The summed E-state index contributed by atoms with van der Waals surface area (Å²) < 4.78 is 6.15. The van der Waals surface area contributed by atoms with Gasteiger partial charge in [0.15, 0.2) is 4.67 Å². The quantitative estimate of drug-likeness (QED) is 0.782. The van der Waals surface area contributed by atoms with Gasteiger partial charge >= 0.3 is 0 Å². The van der Waals surface area contributed by atoms with Crippen molar-refractivity contribution in [3.05, 3.63) is 22.6 Å². The third kappa shape index (κ3) is 1.12. The highest BCUT2D eigenvalue weighted by Crippen LogP contribution is 2.39. The second-order valence-electron chi connectivity index (χ2n) is 3.11. The fourth-order valence-electron chi connectivity index (χ4n) is 1.39. The molecule has 1 heterocycles. The van der Waals surface area contributed by atoms with Crippen LogP contribution < -0.4 is 5.73 Å². The Labute approximate surface area is 73.9 Å². The second-order valence-corrected chi connectivity index (χ2v) is 3.90. The molecule has 0 aromatic carbocycles. The summed E-state index contributed by atoms with van der Waals surface area (Å²) in [6.45, 7) is 0. The lowest BCUT2D eigenvalue weighted by Gasteiger charge is -2.35. The Morgan fingerprint density at radius 3 is 2.55 bits per heavy atom. The fourth-order valence-corrected chi connectivity index (χ4v) is 1.69. The number of hydrogen-bond donors (Lipinski definition) is 1. The van der Waals surface area contributed by atoms with Gasteiger partial charge < -0.3 is 10.2 Å². The van der Waals surface area contributed by atoms with E-state index in [9.17, 15) is 0 Å². The van der Waals surface area contributed by atoms with Crippen LogP contribution >= 0.6 is 15.9 Å². The molecular formula is C8H10BrNO. The summed E-state index contributed by atoms with van der Waals surface area (Å²) >= 11 is 3.26. The van der Waals surface area contributed by atoms with Crippen LogP contribution in [0, 0.1) is 0 Å². The van der Waals surface area contributed by atoms with Crippen molar-refractivity contribution in [2.24, 2.45) is 5.73 Å². The SMILES string of the molecule is NC1(c2ccc(Br)o2)CCC1. The molecule has 0 spiro atoms. The predicted octanol–water partition coefficient (Wildman–Crippen LogP) is 2.38. The molecule has 2 nitrogen and oxygen atoms in total. The molecule has 0 radical (unpaired) electrons. The van der Waals surface area contributed by atoms with Crippen molar-refractivity contribution in [1.82, 2.24) is 0 Å². The summed E-state index contributed by atoms with van der Waals surface area (Å²) in [5.41, 5.74) is 5.86. The molecule has 60 valence electrons. The first-order valence-electron chi connectivity index (χ1n) is 3.75. The summed E-state index contributed by atoms with van der Waals surface area (Å²) in [6.07, 6.45) is 3.31. The Morgan fingerprint density at radius 1 is 1.45 bits per heavy atom. The molecule has 1 saturated carbocycles. The Bertz CT molecular complexity index is 265. The van der Waals surface area contributed by atoms with E-state index in [4.69, 9.17) is 10.2 Å². The fraction of sp³-hybridized carbons (Fsp3) is 0.500. The van der Waals surface area contributed by atoms with Crippen molar-refractivity contribution >= 4 is 15.9 Å². The topological polar surface area (TPSA) is 39.2 Å². The molecule has 1 fully saturated rings. The molecule has 3 heteroatoms. The van der Waals surface area contributed by atoms with Crippen LogP contribution in [0.1, 0.15) is 25.0 Å². The van der Waals surface area contributed by atoms with Gasteiger partial charge in [0.2, 0.25) is 0 Å². The van der Waals surface area contributed by atoms with E-state index in [0.717, 1.165) is 23.3 Å². The van der Waals surface area contributed by atoms with Gasteiger partial charge in [0.1, 0.15) is 5.76 Å². The van der Waals surface area contributed by atoms with E-state index >= 15 is 0 Å². The molecule has 1 aliphatic rings. The molecule has 2 N–H and O–H groups in total. The van der Waals surface area contributed by atoms with Gasteiger partial charge in [-0.1, -0.05) is 0 Å². The molecule has 1 aliphatic carbocycles. The van der Waals surface area contributed by atoms with Gasteiger partial charge in [-0.2, -0.15) is 0 Å². The van der Waals surface area contributed by atoms with Crippen molar-refractivity contribution < 1.29 is 4.42 Å². The van der Waals surface area contributed by atoms with Gasteiger partial charge in [-0.3, -0.25) is 0 Å². The number of furan rings is 1. The van der Waals surface area contributed by atoms with Gasteiger partial charge in [0.05, 0.1) is 5.54 Å². The molecule has 0 atom stereocenters. The maximum absolute atomic E-state index is 6.02. The van der Waals surface area contributed by atoms with Crippen molar-refractivity contribution in [3.8, 4) is 0 Å². The third-order valence-corrected chi connectivity index (χ3v) is 2.74. The Morgan fingerprint density at radius 2 is 2.18 bits per heavy atom. The average molecular weight is 216 g/mol. The van der Waals surface area contributed by atoms with Crippen LogP contribution in [0.5, 0.6) is 0 Å². The largest absolute Gasteiger partial charge is 0.452 e. The molecular weight excluding hydrogens is 206 g/mol. The number of hydrogen-bond acceptors (Lipinski definition) is 2. The second kappa shape index (κ2) is 2.35. The van der Waals surface area contributed by atoms with E-state index in [1.807, 2.05) is 12.1 Å². The van der Waals surface area contributed by atoms with Crippen LogP contribution in [-0.2, 0) is 5.54 Å². The maximum atomic E-state index is 6.02. The van der Waals surface area contributed by atoms with Crippen LogP contribution in [0.25, 0.3) is 0 Å². The van der Waals surface area contributed by atoms with E-state index in [-0.39, 0.29) is 5.54 Å². The Hall–Kier alpha value is -0.280.